The van der Waals surface area contributed by atoms with Crippen molar-refractivity contribution < 1.29 is 22.4 Å². The number of carbonyl (C=O) groups is 1. The predicted molar refractivity (Wildman–Crippen MR) is 94.6 cm³/mol. The zero-order valence-corrected chi connectivity index (χ0v) is 15.9. The van der Waals surface area contributed by atoms with Crippen LogP contribution in [-0.2, 0) is 11.6 Å². The monoisotopic (exact) mass is 432 g/mol. The van der Waals surface area contributed by atoms with Crippen LogP contribution in [0, 0.1) is 5.82 Å². The molecule has 0 aliphatic rings. The van der Waals surface area contributed by atoms with Crippen LogP contribution < -0.4 is 5.32 Å². The zero-order chi connectivity index (χ0) is 19.7. The number of amides is 1. The highest BCUT2D eigenvalue weighted by atomic mass is 79.9. The van der Waals surface area contributed by atoms with E-state index in [1.807, 2.05) is 20.8 Å². The number of anilines is 1. The number of benzene rings is 1. The molecule has 0 radical (unpaired) electrons. The lowest BCUT2D eigenvalue weighted by atomic mass is 9.82. The Balaban J connectivity index is 2.37. The van der Waals surface area contributed by atoms with Crippen molar-refractivity contribution in [2.45, 2.75) is 38.8 Å². The first kappa shape index (κ1) is 20.4. The van der Waals surface area contributed by atoms with E-state index in [1.165, 1.54) is 12.1 Å². The van der Waals surface area contributed by atoms with Crippen molar-refractivity contribution in [1.29, 1.82) is 0 Å². The molecule has 1 amide bonds. The lowest BCUT2D eigenvalue weighted by Gasteiger charge is -2.25. The van der Waals surface area contributed by atoms with Crippen molar-refractivity contribution in [2.75, 3.05) is 5.32 Å². The van der Waals surface area contributed by atoms with Crippen molar-refractivity contribution in [2.24, 2.45) is 0 Å². The van der Waals surface area contributed by atoms with E-state index in [9.17, 15) is 22.4 Å². The second-order valence-electron chi connectivity index (χ2n) is 6.43. The summed E-state index contributed by atoms with van der Waals surface area (Å²) in [5.41, 5.74) is -1.08. The van der Waals surface area contributed by atoms with E-state index < -0.39 is 29.2 Å². The number of rotatable bonds is 4. The highest BCUT2D eigenvalue weighted by Crippen LogP contribution is 2.36. The minimum Gasteiger partial charge on any atom is -0.318 e. The third-order valence-corrected chi connectivity index (χ3v) is 4.89. The van der Waals surface area contributed by atoms with Gasteiger partial charge < -0.3 is 5.32 Å². The largest absolute Gasteiger partial charge is 0.416 e. The number of hydrogen-bond acceptors (Lipinski definition) is 2. The summed E-state index contributed by atoms with van der Waals surface area (Å²) in [4.78, 5) is 15.9. The molecule has 0 atom stereocenters. The van der Waals surface area contributed by atoms with Gasteiger partial charge in [0.15, 0.2) is 0 Å². The van der Waals surface area contributed by atoms with Gasteiger partial charge in [0.2, 0.25) is 0 Å². The van der Waals surface area contributed by atoms with E-state index in [0.29, 0.717) is 10.5 Å². The molecular weight excluding hydrogens is 416 g/mol. The molecule has 3 nitrogen and oxygen atoms in total. The molecule has 0 bridgehead atoms. The number of aromatic nitrogens is 1. The molecule has 2 rings (SSSR count). The quantitative estimate of drug-likeness (QED) is 0.607. The number of halogens is 5. The molecular formula is C18H17BrF4N2O. The fraction of sp³-hybridized carbons (Fsp3) is 0.333. The van der Waals surface area contributed by atoms with Crippen LogP contribution in [0.15, 0.2) is 34.9 Å². The van der Waals surface area contributed by atoms with Crippen molar-refractivity contribution in [3.63, 3.8) is 0 Å². The molecule has 0 spiro atoms. The summed E-state index contributed by atoms with van der Waals surface area (Å²) < 4.78 is 53.1. The van der Waals surface area contributed by atoms with Crippen LogP contribution in [0.2, 0.25) is 0 Å². The highest BCUT2D eigenvalue weighted by molar-refractivity contribution is 9.10. The number of hydrogen-bond donors (Lipinski definition) is 1. The molecule has 0 saturated carbocycles. The third-order valence-electron chi connectivity index (χ3n) is 4.24. The van der Waals surface area contributed by atoms with Gasteiger partial charge in [-0.05, 0) is 41.7 Å². The Morgan fingerprint density at radius 3 is 2.46 bits per heavy atom. The fourth-order valence-electron chi connectivity index (χ4n) is 2.27. The summed E-state index contributed by atoms with van der Waals surface area (Å²) in [7, 11) is 0. The summed E-state index contributed by atoms with van der Waals surface area (Å²) in [5.74, 6) is -1.62. The van der Waals surface area contributed by atoms with Crippen LogP contribution >= 0.6 is 15.9 Å². The predicted octanol–water partition coefficient (Wildman–Crippen LogP) is 5.94. The number of nitrogens with one attached hydrogen (secondary N) is 1. The summed E-state index contributed by atoms with van der Waals surface area (Å²) >= 11 is 3.31. The molecule has 0 unspecified atom stereocenters. The molecule has 140 valence electrons. The van der Waals surface area contributed by atoms with E-state index in [0.717, 1.165) is 24.2 Å². The number of nitrogens with zero attached hydrogens (tertiary/aromatic N) is 1. The topological polar surface area (TPSA) is 42.0 Å². The minimum absolute atomic E-state index is 0.117. The molecule has 2 aromatic rings. The molecule has 1 N–H and O–H groups in total. The lowest BCUT2D eigenvalue weighted by molar-refractivity contribution is -0.137. The van der Waals surface area contributed by atoms with Gasteiger partial charge in [0, 0.05) is 10.7 Å². The molecule has 0 saturated heterocycles. The van der Waals surface area contributed by atoms with Gasteiger partial charge in [-0.25, -0.2) is 4.39 Å². The minimum atomic E-state index is -4.60. The average Bonchev–Trinajstić information content (AvgIpc) is 2.56. The molecule has 1 aromatic carbocycles. The van der Waals surface area contributed by atoms with Crippen LogP contribution in [-0.4, -0.2) is 10.9 Å². The molecule has 26 heavy (non-hydrogen) atoms. The van der Waals surface area contributed by atoms with Crippen LogP contribution in [0.4, 0.5) is 23.2 Å². The maximum absolute atomic E-state index is 14.2. The Hall–Kier alpha value is -1.96. The lowest BCUT2D eigenvalue weighted by Crippen LogP contribution is -2.19. The highest BCUT2D eigenvalue weighted by Gasteiger charge is 2.31. The smallest absolute Gasteiger partial charge is 0.318 e. The SMILES string of the molecule is CCC(C)(C)c1cc(NC(=O)c2cc(C(F)(F)F)ccn2)c(F)cc1Br. The van der Waals surface area contributed by atoms with Gasteiger partial charge in [0.25, 0.3) is 5.91 Å². The molecule has 1 aromatic heterocycles. The van der Waals surface area contributed by atoms with Gasteiger partial charge in [-0.1, -0.05) is 36.7 Å². The van der Waals surface area contributed by atoms with Gasteiger partial charge in [-0.3, -0.25) is 9.78 Å². The third kappa shape index (κ3) is 4.41. The van der Waals surface area contributed by atoms with Crippen molar-refractivity contribution >= 4 is 27.5 Å². The van der Waals surface area contributed by atoms with E-state index in [-0.39, 0.29) is 11.1 Å². The molecule has 0 aliphatic heterocycles. The summed E-state index contributed by atoms with van der Waals surface area (Å²) in [6.07, 6.45) is -2.94. The Labute approximate surface area is 157 Å². The van der Waals surface area contributed by atoms with E-state index in [1.54, 1.807) is 0 Å². The Morgan fingerprint density at radius 2 is 1.88 bits per heavy atom. The van der Waals surface area contributed by atoms with Crippen molar-refractivity contribution in [3.05, 3.63) is 57.6 Å². The van der Waals surface area contributed by atoms with Crippen molar-refractivity contribution in [1.82, 2.24) is 4.98 Å². The van der Waals surface area contributed by atoms with Gasteiger partial charge >= 0.3 is 6.18 Å². The summed E-state index contributed by atoms with van der Waals surface area (Å²) in [5, 5.41) is 2.30. The summed E-state index contributed by atoms with van der Waals surface area (Å²) in [6, 6.07) is 4.10. The van der Waals surface area contributed by atoms with Gasteiger partial charge in [-0.2, -0.15) is 13.2 Å². The zero-order valence-electron chi connectivity index (χ0n) is 14.3. The first-order chi connectivity index (χ1) is 12.0. The van der Waals surface area contributed by atoms with E-state index in [2.05, 4.69) is 26.2 Å². The standard InChI is InChI=1S/C18H17BrF4N2O/c1-4-17(2,3)11-8-14(13(20)9-12(11)19)25-16(26)15-7-10(5-6-24-15)18(21,22)23/h5-9H,4H2,1-3H3,(H,25,26). The van der Waals surface area contributed by atoms with E-state index >= 15 is 0 Å². The first-order valence-corrected chi connectivity index (χ1v) is 8.59. The molecule has 0 fully saturated rings. The second-order valence-corrected chi connectivity index (χ2v) is 7.29. The average molecular weight is 433 g/mol. The number of alkyl halides is 3. The number of pyridine rings is 1. The number of carbonyl (C=O) groups excluding carboxylic acids is 1. The Morgan fingerprint density at radius 1 is 1.23 bits per heavy atom. The Bertz CT molecular complexity index is 834. The van der Waals surface area contributed by atoms with Crippen LogP contribution in [0.3, 0.4) is 0 Å². The molecule has 1 heterocycles. The van der Waals surface area contributed by atoms with Crippen LogP contribution in [0.25, 0.3) is 0 Å². The normalized spacial score (nSPS) is 12.2. The van der Waals surface area contributed by atoms with Gasteiger partial charge in [-0.15, -0.1) is 0 Å². The molecule has 0 aliphatic carbocycles. The fourth-order valence-corrected chi connectivity index (χ4v) is 3.12. The van der Waals surface area contributed by atoms with Gasteiger partial charge in [0.1, 0.15) is 11.5 Å². The van der Waals surface area contributed by atoms with Crippen LogP contribution in [0.1, 0.15) is 48.8 Å². The Kier molecular flexibility index (Phi) is 5.75. The first-order valence-electron chi connectivity index (χ1n) is 7.80. The maximum Gasteiger partial charge on any atom is 0.416 e. The maximum atomic E-state index is 14.2. The second kappa shape index (κ2) is 7.34. The van der Waals surface area contributed by atoms with E-state index in [4.69, 9.17) is 0 Å². The van der Waals surface area contributed by atoms with Crippen molar-refractivity contribution in [3.8, 4) is 0 Å². The van der Waals surface area contributed by atoms with Gasteiger partial charge in [0.05, 0.1) is 11.3 Å². The molecule has 8 heteroatoms. The van der Waals surface area contributed by atoms with Crippen LogP contribution in [0.5, 0.6) is 0 Å². The summed E-state index contributed by atoms with van der Waals surface area (Å²) in [6.45, 7) is 5.90.